The summed E-state index contributed by atoms with van der Waals surface area (Å²) in [6.45, 7) is 4.00. The van der Waals surface area contributed by atoms with Crippen LogP contribution in [0.25, 0.3) is 0 Å². The Balaban J connectivity index is 3.11. The van der Waals surface area contributed by atoms with Crippen LogP contribution in [0.15, 0.2) is 34.3 Å². The first-order valence-electron chi connectivity index (χ1n) is 4.82. The molecule has 1 unspecified atom stereocenters. The average Bonchev–Trinajstić information content (AvgIpc) is 2.18. The molecule has 0 radical (unpaired) electrons. The number of allylic oxidation sites excluding steroid dienone is 1. The van der Waals surface area contributed by atoms with Gasteiger partial charge in [-0.05, 0) is 39.1 Å². The van der Waals surface area contributed by atoms with E-state index in [0.29, 0.717) is 5.56 Å². The Kier molecular flexibility index (Phi) is 4.48. The molecule has 0 aromatic heterocycles. The van der Waals surface area contributed by atoms with Crippen molar-refractivity contribution in [3.05, 3.63) is 45.7 Å². The van der Waals surface area contributed by atoms with Crippen LogP contribution in [0, 0.1) is 5.82 Å². The standard InChI is InChI=1S/C12H15BrFN/c1-8(2)6-12(15-3)10-7-9(13)4-5-11(10)14/h4-7,12,15H,1-3H3. The molecule has 0 aliphatic rings. The summed E-state index contributed by atoms with van der Waals surface area (Å²) in [5.74, 6) is -0.185. The van der Waals surface area contributed by atoms with E-state index < -0.39 is 0 Å². The van der Waals surface area contributed by atoms with Crippen LogP contribution >= 0.6 is 15.9 Å². The van der Waals surface area contributed by atoms with Crippen molar-refractivity contribution < 1.29 is 4.39 Å². The quantitative estimate of drug-likeness (QED) is 0.825. The number of nitrogens with one attached hydrogen (secondary N) is 1. The van der Waals surface area contributed by atoms with Crippen LogP contribution in [0.4, 0.5) is 4.39 Å². The molecule has 0 aliphatic heterocycles. The predicted molar refractivity (Wildman–Crippen MR) is 65.3 cm³/mol. The lowest BCUT2D eigenvalue weighted by molar-refractivity contribution is 0.580. The Labute approximate surface area is 98.5 Å². The van der Waals surface area contributed by atoms with Crippen molar-refractivity contribution in [2.45, 2.75) is 19.9 Å². The second-order valence-corrected chi connectivity index (χ2v) is 4.59. The van der Waals surface area contributed by atoms with Crippen molar-refractivity contribution in [2.75, 3.05) is 7.05 Å². The highest BCUT2D eigenvalue weighted by Gasteiger charge is 2.11. The van der Waals surface area contributed by atoms with Crippen LogP contribution in [-0.4, -0.2) is 7.05 Å². The van der Waals surface area contributed by atoms with E-state index in [1.54, 1.807) is 12.1 Å². The second-order valence-electron chi connectivity index (χ2n) is 3.68. The van der Waals surface area contributed by atoms with Gasteiger partial charge in [-0.15, -0.1) is 0 Å². The molecular formula is C12H15BrFN. The molecule has 1 nitrogen and oxygen atoms in total. The van der Waals surface area contributed by atoms with E-state index in [-0.39, 0.29) is 11.9 Å². The molecule has 0 saturated heterocycles. The molecule has 0 aliphatic carbocycles. The van der Waals surface area contributed by atoms with Gasteiger partial charge in [0, 0.05) is 10.0 Å². The van der Waals surface area contributed by atoms with E-state index in [2.05, 4.69) is 21.2 Å². The van der Waals surface area contributed by atoms with Crippen molar-refractivity contribution in [1.29, 1.82) is 0 Å². The Hall–Kier alpha value is -0.670. The van der Waals surface area contributed by atoms with Crippen LogP contribution in [0.3, 0.4) is 0 Å². The van der Waals surface area contributed by atoms with Gasteiger partial charge in [-0.3, -0.25) is 0 Å². The lowest BCUT2D eigenvalue weighted by atomic mass is 10.0. The molecule has 0 saturated carbocycles. The van der Waals surface area contributed by atoms with E-state index in [4.69, 9.17) is 0 Å². The zero-order valence-corrected chi connectivity index (χ0v) is 10.7. The second kappa shape index (κ2) is 5.42. The topological polar surface area (TPSA) is 12.0 Å². The van der Waals surface area contributed by atoms with Gasteiger partial charge < -0.3 is 5.32 Å². The normalized spacial score (nSPS) is 12.3. The lowest BCUT2D eigenvalue weighted by Crippen LogP contribution is -2.15. The monoisotopic (exact) mass is 271 g/mol. The third-order valence-corrected chi connectivity index (χ3v) is 2.60. The summed E-state index contributed by atoms with van der Waals surface area (Å²) in [6, 6.07) is 4.90. The largest absolute Gasteiger partial charge is 0.310 e. The van der Waals surface area contributed by atoms with Gasteiger partial charge in [-0.1, -0.05) is 27.6 Å². The fourth-order valence-electron chi connectivity index (χ4n) is 1.41. The van der Waals surface area contributed by atoms with Gasteiger partial charge in [0.25, 0.3) is 0 Å². The lowest BCUT2D eigenvalue weighted by Gasteiger charge is -2.14. The van der Waals surface area contributed by atoms with Crippen LogP contribution in [-0.2, 0) is 0 Å². The van der Waals surface area contributed by atoms with E-state index in [1.807, 2.05) is 27.0 Å². The number of hydrogen-bond donors (Lipinski definition) is 1. The van der Waals surface area contributed by atoms with E-state index in [0.717, 1.165) is 10.0 Å². The number of likely N-dealkylation sites (N-methyl/N-ethyl adjacent to an activating group) is 1. The highest BCUT2D eigenvalue weighted by atomic mass is 79.9. The van der Waals surface area contributed by atoms with Crippen LogP contribution in [0.2, 0.25) is 0 Å². The molecule has 0 amide bonds. The number of benzene rings is 1. The number of halogens is 2. The predicted octanol–water partition coefficient (Wildman–Crippen LogP) is 3.81. The van der Waals surface area contributed by atoms with Gasteiger partial charge in [0.2, 0.25) is 0 Å². The molecule has 0 fully saturated rings. The summed E-state index contributed by atoms with van der Waals surface area (Å²) in [6.07, 6.45) is 2.00. The van der Waals surface area contributed by atoms with Gasteiger partial charge >= 0.3 is 0 Å². The molecule has 0 spiro atoms. The first-order chi connectivity index (χ1) is 7.04. The van der Waals surface area contributed by atoms with Crippen molar-refractivity contribution >= 4 is 15.9 Å². The molecule has 15 heavy (non-hydrogen) atoms. The summed E-state index contributed by atoms with van der Waals surface area (Å²) < 4.78 is 14.5. The molecule has 1 atom stereocenters. The highest BCUT2D eigenvalue weighted by Crippen LogP contribution is 2.23. The van der Waals surface area contributed by atoms with Crippen LogP contribution < -0.4 is 5.32 Å². The average molecular weight is 272 g/mol. The first kappa shape index (κ1) is 12.4. The minimum absolute atomic E-state index is 0.0764. The molecule has 0 bridgehead atoms. The van der Waals surface area contributed by atoms with Gasteiger partial charge in [0.1, 0.15) is 5.82 Å². The van der Waals surface area contributed by atoms with E-state index in [9.17, 15) is 4.39 Å². The maximum Gasteiger partial charge on any atom is 0.128 e. The Morgan fingerprint density at radius 2 is 2.13 bits per heavy atom. The zero-order chi connectivity index (χ0) is 11.4. The van der Waals surface area contributed by atoms with Crippen LogP contribution in [0.1, 0.15) is 25.5 Å². The van der Waals surface area contributed by atoms with Crippen molar-refractivity contribution in [1.82, 2.24) is 5.32 Å². The SMILES string of the molecule is CNC(C=C(C)C)c1cc(Br)ccc1F. The van der Waals surface area contributed by atoms with Gasteiger partial charge in [0.15, 0.2) is 0 Å². The van der Waals surface area contributed by atoms with Crippen molar-refractivity contribution in [3.63, 3.8) is 0 Å². The van der Waals surface area contributed by atoms with Gasteiger partial charge in [0.05, 0.1) is 6.04 Å². The van der Waals surface area contributed by atoms with Crippen molar-refractivity contribution in [2.24, 2.45) is 0 Å². The summed E-state index contributed by atoms with van der Waals surface area (Å²) in [5, 5.41) is 3.08. The van der Waals surface area contributed by atoms with Gasteiger partial charge in [-0.25, -0.2) is 4.39 Å². The van der Waals surface area contributed by atoms with Crippen molar-refractivity contribution in [3.8, 4) is 0 Å². The van der Waals surface area contributed by atoms with E-state index >= 15 is 0 Å². The Morgan fingerprint density at radius 1 is 1.47 bits per heavy atom. The maximum atomic E-state index is 13.6. The summed E-state index contributed by atoms with van der Waals surface area (Å²) in [7, 11) is 1.82. The minimum atomic E-state index is -0.185. The number of hydrogen-bond acceptors (Lipinski definition) is 1. The molecule has 1 rings (SSSR count). The smallest absolute Gasteiger partial charge is 0.128 e. The number of rotatable bonds is 3. The highest BCUT2D eigenvalue weighted by molar-refractivity contribution is 9.10. The summed E-state index contributed by atoms with van der Waals surface area (Å²) >= 11 is 3.34. The third-order valence-electron chi connectivity index (χ3n) is 2.10. The minimum Gasteiger partial charge on any atom is -0.310 e. The van der Waals surface area contributed by atoms with Gasteiger partial charge in [-0.2, -0.15) is 0 Å². The molecule has 1 aromatic carbocycles. The Morgan fingerprint density at radius 3 is 2.67 bits per heavy atom. The fourth-order valence-corrected chi connectivity index (χ4v) is 1.79. The zero-order valence-electron chi connectivity index (χ0n) is 9.14. The molecule has 1 aromatic rings. The van der Waals surface area contributed by atoms with E-state index in [1.165, 1.54) is 6.07 Å². The third kappa shape index (κ3) is 3.43. The fraction of sp³-hybridized carbons (Fsp3) is 0.333. The molecule has 82 valence electrons. The Bertz CT molecular complexity index is 370. The maximum absolute atomic E-state index is 13.6. The molecule has 0 heterocycles. The summed E-state index contributed by atoms with van der Waals surface area (Å²) in [5.41, 5.74) is 1.82. The molecule has 1 N–H and O–H groups in total. The van der Waals surface area contributed by atoms with Crippen LogP contribution in [0.5, 0.6) is 0 Å². The summed E-state index contributed by atoms with van der Waals surface area (Å²) in [4.78, 5) is 0. The molecular weight excluding hydrogens is 257 g/mol. The molecule has 3 heteroatoms. The first-order valence-corrected chi connectivity index (χ1v) is 5.61.